The van der Waals surface area contributed by atoms with E-state index in [2.05, 4.69) is 5.32 Å². The average Bonchev–Trinajstić information content (AvgIpc) is 3.08. The highest BCUT2D eigenvalue weighted by molar-refractivity contribution is 5.92. The Labute approximate surface area is 145 Å². The fourth-order valence-corrected chi connectivity index (χ4v) is 2.55. The minimum atomic E-state index is -0.210. The molecule has 0 radical (unpaired) electrons. The molecule has 5 heteroatoms. The first-order valence-corrected chi connectivity index (χ1v) is 7.85. The van der Waals surface area contributed by atoms with Gasteiger partial charge in [0.25, 0.3) is 0 Å². The Hall–Kier alpha value is -3.21. The molecular formula is C20H19NO4. The summed E-state index contributed by atoms with van der Waals surface area (Å²) in [4.78, 5) is 12.0. The van der Waals surface area contributed by atoms with Gasteiger partial charge in [-0.3, -0.25) is 4.79 Å². The van der Waals surface area contributed by atoms with Gasteiger partial charge in [0.1, 0.15) is 11.5 Å². The summed E-state index contributed by atoms with van der Waals surface area (Å²) >= 11 is 0. The van der Waals surface area contributed by atoms with E-state index < -0.39 is 0 Å². The Morgan fingerprint density at radius 3 is 2.64 bits per heavy atom. The lowest BCUT2D eigenvalue weighted by Crippen LogP contribution is -2.20. The van der Waals surface area contributed by atoms with Gasteiger partial charge < -0.3 is 19.2 Å². The van der Waals surface area contributed by atoms with Crippen LogP contribution in [0.2, 0.25) is 0 Å². The van der Waals surface area contributed by atoms with Crippen molar-refractivity contribution in [1.29, 1.82) is 0 Å². The van der Waals surface area contributed by atoms with E-state index in [0.717, 1.165) is 16.7 Å². The summed E-state index contributed by atoms with van der Waals surface area (Å²) in [5.74, 6) is 1.79. The van der Waals surface area contributed by atoms with Crippen molar-refractivity contribution < 1.29 is 18.7 Å². The zero-order valence-corrected chi connectivity index (χ0v) is 14.1. The maximum atomic E-state index is 12.0. The summed E-state index contributed by atoms with van der Waals surface area (Å²) in [5.41, 5.74) is 1.58. The lowest BCUT2D eigenvalue weighted by Gasteiger charge is -2.08. The standard InChI is InChI=1S/C20H19NO4/c1-23-17-8-4-3-6-15(17)13-21-19(22)11-10-16-12-14-7-5-9-18(24-2)20(14)25-16/h3-12H,13H2,1-2H3,(H,21,22)/b11-10+. The third kappa shape index (κ3) is 3.83. The van der Waals surface area contributed by atoms with Gasteiger partial charge in [0, 0.05) is 23.6 Å². The number of ether oxygens (including phenoxy) is 2. The van der Waals surface area contributed by atoms with Crippen LogP contribution >= 0.6 is 0 Å². The van der Waals surface area contributed by atoms with Crippen LogP contribution in [0.15, 0.2) is 59.0 Å². The molecule has 0 spiro atoms. The molecule has 0 aliphatic heterocycles. The Bertz CT molecular complexity index is 911. The number of para-hydroxylation sites is 2. The molecule has 128 valence electrons. The minimum Gasteiger partial charge on any atom is -0.496 e. The van der Waals surface area contributed by atoms with Crippen LogP contribution in [0, 0.1) is 0 Å². The second kappa shape index (κ2) is 7.57. The molecule has 5 nitrogen and oxygen atoms in total. The predicted molar refractivity (Wildman–Crippen MR) is 96.6 cm³/mol. The summed E-state index contributed by atoms with van der Waals surface area (Å²) in [6.07, 6.45) is 3.08. The molecule has 1 N–H and O–H groups in total. The number of carbonyl (C=O) groups excluding carboxylic acids is 1. The summed E-state index contributed by atoms with van der Waals surface area (Å²) in [5, 5.41) is 3.75. The number of amides is 1. The Balaban J connectivity index is 1.66. The summed E-state index contributed by atoms with van der Waals surface area (Å²) in [6, 6.07) is 15.1. The van der Waals surface area contributed by atoms with E-state index in [-0.39, 0.29) is 5.91 Å². The number of benzene rings is 2. The van der Waals surface area contributed by atoms with Crippen molar-refractivity contribution in [3.8, 4) is 11.5 Å². The highest BCUT2D eigenvalue weighted by Gasteiger charge is 2.07. The topological polar surface area (TPSA) is 60.7 Å². The van der Waals surface area contributed by atoms with Gasteiger partial charge in [0.05, 0.1) is 14.2 Å². The molecule has 3 aromatic rings. The van der Waals surface area contributed by atoms with Crippen LogP contribution < -0.4 is 14.8 Å². The second-order valence-electron chi connectivity index (χ2n) is 5.39. The number of hydrogen-bond acceptors (Lipinski definition) is 4. The van der Waals surface area contributed by atoms with Crippen molar-refractivity contribution in [1.82, 2.24) is 5.32 Å². The average molecular weight is 337 g/mol. The first-order valence-electron chi connectivity index (χ1n) is 7.85. The van der Waals surface area contributed by atoms with Crippen molar-refractivity contribution in [2.24, 2.45) is 0 Å². The maximum Gasteiger partial charge on any atom is 0.244 e. The Morgan fingerprint density at radius 1 is 1.08 bits per heavy atom. The number of nitrogens with one attached hydrogen (secondary N) is 1. The van der Waals surface area contributed by atoms with E-state index in [4.69, 9.17) is 13.9 Å². The SMILES string of the molecule is COc1ccccc1CNC(=O)/C=C/c1cc2cccc(OC)c2o1. The van der Waals surface area contributed by atoms with Gasteiger partial charge >= 0.3 is 0 Å². The number of carbonyl (C=O) groups is 1. The molecule has 0 bridgehead atoms. The lowest BCUT2D eigenvalue weighted by molar-refractivity contribution is -0.116. The molecule has 0 unspecified atom stereocenters. The van der Waals surface area contributed by atoms with Crippen molar-refractivity contribution in [2.75, 3.05) is 14.2 Å². The van der Waals surface area contributed by atoms with Crippen LogP contribution in [-0.4, -0.2) is 20.1 Å². The van der Waals surface area contributed by atoms with E-state index in [9.17, 15) is 4.79 Å². The van der Waals surface area contributed by atoms with Crippen LogP contribution in [0.1, 0.15) is 11.3 Å². The molecule has 2 aromatic carbocycles. The Kier molecular flexibility index (Phi) is 5.04. The van der Waals surface area contributed by atoms with E-state index in [1.807, 2.05) is 48.5 Å². The fourth-order valence-electron chi connectivity index (χ4n) is 2.55. The molecule has 1 aromatic heterocycles. The molecule has 0 saturated carbocycles. The van der Waals surface area contributed by atoms with Crippen LogP contribution in [0.4, 0.5) is 0 Å². The van der Waals surface area contributed by atoms with E-state index in [1.54, 1.807) is 20.3 Å². The molecule has 0 fully saturated rings. The molecular weight excluding hydrogens is 318 g/mol. The van der Waals surface area contributed by atoms with Gasteiger partial charge in [0.2, 0.25) is 5.91 Å². The Morgan fingerprint density at radius 2 is 1.84 bits per heavy atom. The molecule has 3 rings (SSSR count). The largest absolute Gasteiger partial charge is 0.496 e. The maximum absolute atomic E-state index is 12.0. The first kappa shape index (κ1) is 16.6. The minimum absolute atomic E-state index is 0.210. The van der Waals surface area contributed by atoms with Gasteiger partial charge in [-0.1, -0.05) is 30.3 Å². The predicted octanol–water partition coefficient (Wildman–Crippen LogP) is 3.78. The van der Waals surface area contributed by atoms with E-state index in [1.165, 1.54) is 6.08 Å². The van der Waals surface area contributed by atoms with Crippen LogP contribution in [0.25, 0.3) is 17.0 Å². The number of fused-ring (bicyclic) bond motifs is 1. The zero-order chi connectivity index (χ0) is 17.6. The van der Waals surface area contributed by atoms with Crippen molar-refractivity contribution in [3.05, 3.63) is 65.9 Å². The van der Waals surface area contributed by atoms with Crippen molar-refractivity contribution in [3.63, 3.8) is 0 Å². The smallest absolute Gasteiger partial charge is 0.244 e. The van der Waals surface area contributed by atoms with Gasteiger partial charge in [0.15, 0.2) is 11.3 Å². The molecule has 0 aliphatic rings. The third-order valence-corrected chi connectivity index (χ3v) is 3.79. The van der Waals surface area contributed by atoms with Crippen molar-refractivity contribution >= 4 is 23.0 Å². The molecule has 0 atom stereocenters. The monoisotopic (exact) mass is 337 g/mol. The number of methoxy groups -OCH3 is 2. The van der Waals surface area contributed by atoms with Gasteiger partial charge in [-0.15, -0.1) is 0 Å². The highest BCUT2D eigenvalue weighted by Crippen LogP contribution is 2.28. The summed E-state index contributed by atoms with van der Waals surface area (Å²) < 4.78 is 16.3. The van der Waals surface area contributed by atoms with Gasteiger partial charge in [-0.2, -0.15) is 0 Å². The normalized spacial score (nSPS) is 11.0. The van der Waals surface area contributed by atoms with E-state index >= 15 is 0 Å². The fraction of sp³-hybridized carbons (Fsp3) is 0.150. The van der Waals surface area contributed by atoms with E-state index in [0.29, 0.717) is 23.6 Å². The third-order valence-electron chi connectivity index (χ3n) is 3.79. The molecule has 25 heavy (non-hydrogen) atoms. The first-order chi connectivity index (χ1) is 12.2. The molecule has 0 aliphatic carbocycles. The van der Waals surface area contributed by atoms with Gasteiger partial charge in [-0.05, 0) is 24.3 Å². The lowest BCUT2D eigenvalue weighted by atomic mass is 10.2. The van der Waals surface area contributed by atoms with Gasteiger partial charge in [-0.25, -0.2) is 0 Å². The molecule has 1 heterocycles. The van der Waals surface area contributed by atoms with Crippen LogP contribution in [0.5, 0.6) is 11.5 Å². The second-order valence-corrected chi connectivity index (χ2v) is 5.39. The number of rotatable bonds is 6. The molecule has 1 amide bonds. The van der Waals surface area contributed by atoms with Crippen LogP contribution in [-0.2, 0) is 11.3 Å². The number of hydrogen-bond donors (Lipinski definition) is 1. The zero-order valence-electron chi connectivity index (χ0n) is 14.1. The van der Waals surface area contributed by atoms with Crippen LogP contribution in [0.3, 0.4) is 0 Å². The molecule has 0 saturated heterocycles. The number of furan rings is 1. The highest BCUT2D eigenvalue weighted by atomic mass is 16.5. The van der Waals surface area contributed by atoms with Crippen molar-refractivity contribution in [2.45, 2.75) is 6.54 Å². The quantitative estimate of drug-likeness (QED) is 0.696. The summed E-state index contributed by atoms with van der Waals surface area (Å²) in [7, 11) is 3.20. The summed E-state index contributed by atoms with van der Waals surface area (Å²) in [6.45, 7) is 0.390.